The zero-order valence-electron chi connectivity index (χ0n) is 13.3. The highest BCUT2D eigenvalue weighted by Gasteiger charge is 2.36. The summed E-state index contributed by atoms with van der Waals surface area (Å²) in [4.78, 5) is 16.2. The minimum atomic E-state index is -2.57. The molecule has 0 radical (unpaired) electrons. The lowest BCUT2D eigenvalue weighted by atomic mass is 10.5. The van der Waals surface area contributed by atoms with Gasteiger partial charge in [-0.3, -0.25) is 0 Å². The Labute approximate surface area is 126 Å². The summed E-state index contributed by atoms with van der Waals surface area (Å²) in [5, 5.41) is 6.93. The SMILES string of the molecule is CCc1nc(C)n(C(=O)NCCC[Si](OC)(OC)OC)n1. The van der Waals surface area contributed by atoms with Gasteiger partial charge in [-0.15, -0.1) is 5.10 Å². The van der Waals surface area contributed by atoms with Gasteiger partial charge in [-0.25, -0.2) is 9.78 Å². The minimum absolute atomic E-state index is 0.279. The Morgan fingerprint density at radius 2 is 1.90 bits per heavy atom. The van der Waals surface area contributed by atoms with Crippen LogP contribution in [-0.2, 0) is 19.7 Å². The molecule has 120 valence electrons. The number of carbonyl (C=O) groups is 1. The van der Waals surface area contributed by atoms with Crippen molar-refractivity contribution in [2.45, 2.75) is 32.7 Å². The van der Waals surface area contributed by atoms with Crippen LogP contribution in [0.3, 0.4) is 0 Å². The molecule has 0 unspecified atom stereocenters. The van der Waals surface area contributed by atoms with E-state index in [1.54, 1.807) is 28.3 Å². The fraction of sp³-hybridized carbons (Fsp3) is 0.750. The van der Waals surface area contributed by atoms with Crippen LogP contribution in [0.15, 0.2) is 0 Å². The number of aromatic nitrogens is 3. The molecule has 9 heteroatoms. The molecule has 1 aromatic rings. The monoisotopic (exact) mass is 316 g/mol. The quantitative estimate of drug-likeness (QED) is 0.568. The molecule has 0 bridgehead atoms. The van der Waals surface area contributed by atoms with E-state index in [2.05, 4.69) is 15.4 Å². The standard InChI is InChI=1S/C12H24N4O4Si/c1-6-11-14-10(2)16(15-11)12(17)13-8-7-9-21(18-3,19-4)20-5/h6-9H2,1-5H3,(H,13,17). The summed E-state index contributed by atoms with van der Waals surface area (Å²) in [6, 6.07) is 0.354. The number of carbonyl (C=O) groups excluding carboxylic acids is 1. The van der Waals surface area contributed by atoms with Crippen LogP contribution in [0, 0.1) is 6.92 Å². The average molecular weight is 316 g/mol. The largest absolute Gasteiger partial charge is 0.500 e. The topological polar surface area (TPSA) is 87.5 Å². The molecule has 0 aliphatic carbocycles. The van der Waals surface area contributed by atoms with Gasteiger partial charge in [-0.05, 0) is 13.3 Å². The van der Waals surface area contributed by atoms with Crippen molar-refractivity contribution in [1.82, 2.24) is 20.1 Å². The first-order chi connectivity index (χ1) is 10.0. The normalized spacial score (nSPS) is 11.7. The van der Waals surface area contributed by atoms with Gasteiger partial charge in [0.05, 0.1) is 0 Å². The molecule has 1 aromatic heterocycles. The maximum atomic E-state index is 12.0. The first-order valence-electron chi connectivity index (χ1n) is 6.88. The van der Waals surface area contributed by atoms with Crippen LogP contribution in [0.25, 0.3) is 0 Å². The lowest BCUT2D eigenvalue weighted by molar-refractivity contribution is 0.123. The smallest absolute Gasteiger partial charge is 0.377 e. The Balaban J connectivity index is 2.45. The van der Waals surface area contributed by atoms with Crippen molar-refractivity contribution in [2.75, 3.05) is 27.9 Å². The summed E-state index contributed by atoms with van der Waals surface area (Å²) < 4.78 is 17.2. The second kappa shape index (κ2) is 8.22. The van der Waals surface area contributed by atoms with Crippen molar-refractivity contribution in [3.8, 4) is 0 Å². The summed E-state index contributed by atoms with van der Waals surface area (Å²) in [6.45, 7) is 4.19. The molecule has 8 nitrogen and oxygen atoms in total. The molecule has 1 rings (SSSR count). The number of nitrogens with one attached hydrogen (secondary N) is 1. The third-order valence-electron chi connectivity index (χ3n) is 3.19. The van der Waals surface area contributed by atoms with Crippen molar-refractivity contribution < 1.29 is 18.1 Å². The van der Waals surface area contributed by atoms with E-state index in [9.17, 15) is 4.79 Å². The second-order valence-corrected chi connectivity index (χ2v) is 7.56. The molecule has 1 N–H and O–H groups in total. The Morgan fingerprint density at radius 3 is 2.38 bits per heavy atom. The maximum Gasteiger partial charge on any atom is 0.500 e. The fourth-order valence-electron chi connectivity index (χ4n) is 1.92. The van der Waals surface area contributed by atoms with Gasteiger partial charge in [0.1, 0.15) is 5.82 Å². The van der Waals surface area contributed by atoms with Crippen LogP contribution >= 0.6 is 0 Å². The Kier molecular flexibility index (Phi) is 6.95. The second-order valence-electron chi connectivity index (χ2n) is 4.47. The maximum absolute atomic E-state index is 12.0. The van der Waals surface area contributed by atoms with Gasteiger partial charge in [0.2, 0.25) is 0 Å². The molecule has 0 aromatic carbocycles. The lowest BCUT2D eigenvalue weighted by Crippen LogP contribution is -2.43. The summed E-state index contributed by atoms with van der Waals surface area (Å²) in [6.07, 6.45) is 1.40. The summed E-state index contributed by atoms with van der Waals surface area (Å²) >= 11 is 0. The van der Waals surface area contributed by atoms with Crippen LogP contribution in [0.1, 0.15) is 25.0 Å². The summed E-state index contributed by atoms with van der Waals surface area (Å²) in [5.41, 5.74) is 0. The van der Waals surface area contributed by atoms with Crippen molar-refractivity contribution in [3.05, 3.63) is 11.6 Å². The predicted octanol–water partition coefficient (Wildman–Crippen LogP) is 0.975. The van der Waals surface area contributed by atoms with E-state index < -0.39 is 8.80 Å². The molecule has 0 atom stereocenters. The molecule has 0 aliphatic rings. The van der Waals surface area contributed by atoms with E-state index in [1.807, 2.05) is 6.92 Å². The van der Waals surface area contributed by atoms with Gasteiger partial charge in [-0.2, -0.15) is 4.68 Å². The third kappa shape index (κ3) is 4.60. The van der Waals surface area contributed by atoms with Gasteiger partial charge in [0.25, 0.3) is 0 Å². The van der Waals surface area contributed by atoms with Crippen molar-refractivity contribution >= 4 is 14.8 Å². The number of hydrogen-bond acceptors (Lipinski definition) is 6. The van der Waals surface area contributed by atoms with Crippen LogP contribution in [-0.4, -0.2) is 57.5 Å². The van der Waals surface area contributed by atoms with Gasteiger partial charge < -0.3 is 18.6 Å². The molecular weight excluding hydrogens is 292 g/mol. The molecule has 1 heterocycles. The van der Waals surface area contributed by atoms with Crippen LogP contribution in [0.4, 0.5) is 4.79 Å². The van der Waals surface area contributed by atoms with E-state index in [0.29, 0.717) is 37.1 Å². The minimum Gasteiger partial charge on any atom is -0.377 e. The molecule has 1 amide bonds. The molecule has 0 aliphatic heterocycles. The number of amides is 1. The van der Waals surface area contributed by atoms with Gasteiger partial charge in [0, 0.05) is 40.3 Å². The van der Waals surface area contributed by atoms with Crippen molar-refractivity contribution in [2.24, 2.45) is 0 Å². The lowest BCUT2D eigenvalue weighted by Gasteiger charge is -2.24. The summed E-state index contributed by atoms with van der Waals surface area (Å²) in [7, 11) is 2.15. The van der Waals surface area contributed by atoms with E-state index in [-0.39, 0.29) is 6.03 Å². The molecule has 0 spiro atoms. The van der Waals surface area contributed by atoms with E-state index in [0.717, 1.165) is 0 Å². The molecular formula is C12H24N4O4Si. The van der Waals surface area contributed by atoms with Crippen molar-refractivity contribution in [1.29, 1.82) is 0 Å². The fourth-order valence-corrected chi connectivity index (χ4v) is 3.64. The van der Waals surface area contributed by atoms with Crippen LogP contribution in [0.5, 0.6) is 0 Å². The Morgan fingerprint density at radius 1 is 1.29 bits per heavy atom. The van der Waals surface area contributed by atoms with Gasteiger partial charge in [-0.1, -0.05) is 6.92 Å². The molecule has 21 heavy (non-hydrogen) atoms. The van der Waals surface area contributed by atoms with E-state index in [1.165, 1.54) is 4.68 Å². The van der Waals surface area contributed by atoms with E-state index >= 15 is 0 Å². The van der Waals surface area contributed by atoms with E-state index in [4.69, 9.17) is 13.3 Å². The van der Waals surface area contributed by atoms with Crippen LogP contribution < -0.4 is 5.32 Å². The predicted molar refractivity (Wildman–Crippen MR) is 79.1 cm³/mol. The number of rotatable bonds is 8. The number of nitrogens with zero attached hydrogens (tertiary/aromatic N) is 3. The zero-order chi connectivity index (χ0) is 15.9. The average Bonchev–Trinajstić information content (AvgIpc) is 2.89. The first-order valence-corrected chi connectivity index (χ1v) is 8.81. The van der Waals surface area contributed by atoms with Crippen molar-refractivity contribution in [3.63, 3.8) is 0 Å². The zero-order valence-corrected chi connectivity index (χ0v) is 14.3. The van der Waals surface area contributed by atoms with Gasteiger partial charge in [0.15, 0.2) is 5.82 Å². The number of aryl methyl sites for hydroxylation is 2. The first kappa shape index (κ1) is 17.8. The summed E-state index contributed by atoms with van der Waals surface area (Å²) in [5.74, 6) is 1.24. The highest BCUT2D eigenvalue weighted by Crippen LogP contribution is 2.14. The molecule has 0 saturated carbocycles. The molecule has 0 saturated heterocycles. The van der Waals surface area contributed by atoms with Crippen LogP contribution in [0.2, 0.25) is 6.04 Å². The number of hydrogen-bond donors (Lipinski definition) is 1. The molecule has 0 fully saturated rings. The highest BCUT2D eigenvalue weighted by atomic mass is 28.4. The highest BCUT2D eigenvalue weighted by molar-refractivity contribution is 6.60. The van der Waals surface area contributed by atoms with Gasteiger partial charge >= 0.3 is 14.8 Å². The Bertz CT molecular complexity index is 454. The Hall–Kier alpha value is -1.29. The third-order valence-corrected chi connectivity index (χ3v) is 6.02.